The summed E-state index contributed by atoms with van der Waals surface area (Å²) >= 11 is 0. The van der Waals surface area contributed by atoms with E-state index in [1.54, 1.807) is 18.2 Å². The number of sulfonamides is 1. The van der Waals surface area contributed by atoms with Crippen LogP contribution in [0.2, 0.25) is 0 Å². The minimum atomic E-state index is -3.60. The molecule has 24 heavy (non-hydrogen) atoms. The maximum absolute atomic E-state index is 12.6. The highest BCUT2D eigenvalue weighted by Crippen LogP contribution is 2.22. The molecule has 4 nitrogen and oxygen atoms in total. The van der Waals surface area contributed by atoms with Crippen molar-refractivity contribution in [3.8, 4) is 5.69 Å². The molecule has 0 atom stereocenters. The summed E-state index contributed by atoms with van der Waals surface area (Å²) in [7, 11) is -3.60. The molecule has 0 aliphatic heterocycles. The van der Waals surface area contributed by atoms with E-state index in [-0.39, 0.29) is 4.90 Å². The topological polar surface area (TPSA) is 51.1 Å². The van der Waals surface area contributed by atoms with E-state index in [2.05, 4.69) is 9.29 Å². The zero-order valence-corrected chi connectivity index (χ0v) is 14.8. The molecular formula is C19H20N2O2S. The molecule has 1 aromatic heterocycles. The van der Waals surface area contributed by atoms with Gasteiger partial charge in [0.25, 0.3) is 10.0 Å². The summed E-state index contributed by atoms with van der Waals surface area (Å²) in [5, 5.41) is 0. The number of nitrogens with zero attached hydrogens (tertiary/aromatic N) is 1. The van der Waals surface area contributed by atoms with E-state index >= 15 is 0 Å². The standard InChI is InChI=1S/C19H20N2O2S/c1-14-6-4-5-7-19(14)20-24(22,23)18-12-10-17(11-13-18)21-15(2)8-9-16(21)3/h4-13,20H,1-3H3. The van der Waals surface area contributed by atoms with Crippen molar-refractivity contribution >= 4 is 15.7 Å². The first-order chi connectivity index (χ1) is 11.4. The van der Waals surface area contributed by atoms with Gasteiger partial charge >= 0.3 is 0 Å². The van der Waals surface area contributed by atoms with Crippen molar-refractivity contribution in [1.82, 2.24) is 4.57 Å². The number of aromatic nitrogens is 1. The third-order valence-electron chi connectivity index (χ3n) is 4.07. The Morgan fingerprint density at radius 2 is 1.38 bits per heavy atom. The quantitative estimate of drug-likeness (QED) is 0.774. The molecule has 1 heterocycles. The summed E-state index contributed by atoms with van der Waals surface area (Å²) in [5.74, 6) is 0. The SMILES string of the molecule is Cc1ccccc1NS(=O)(=O)c1ccc(-n2c(C)ccc2C)cc1. The summed E-state index contributed by atoms with van der Waals surface area (Å²) in [4.78, 5) is 0.247. The molecule has 0 spiro atoms. The van der Waals surface area contributed by atoms with E-state index in [1.165, 1.54) is 0 Å². The molecule has 0 unspecified atom stereocenters. The first kappa shape index (κ1) is 16.3. The van der Waals surface area contributed by atoms with E-state index in [1.807, 2.05) is 63.2 Å². The molecule has 0 amide bonds. The summed E-state index contributed by atoms with van der Waals surface area (Å²) in [6, 6.07) is 18.3. The lowest BCUT2D eigenvalue weighted by atomic mass is 10.2. The van der Waals surface area contributed by atoms with Crippen LogP contribution >= 0.6 is 0 Å². The summed E-state index contributed by atoms with van der Waals surface area (Å²) in [5.41, 5.74) is 4.65. The number of benzene rings is 2. The minimum absolute atomic E-state index is 0.247. The molecule has 3 rings (SSSR count). The van der Waals surface area contributed by atoms with E-state index in [0.29, 0.717) is 5.69 Å². The lowest BCUT2D eigenvalue weighted by molar-refractivity contribution is 0.601. The molecule has 0 aliphatic rings. The van der Waals surface area contributed by atoms with Gasteiger partial charge in [0.1, 0.15) is 0 Å². The van der Waals surface area contributed by atoms with Crippen LogP contribution in [0, 0.1) is 20.8 Å². The Labute approximate surface area is 142 Å². The predicted molar refractivity (Wildman–Crippen MR) is 97.2 cm³/mol. The van der Waals surface area contributed by atoms with Gasteiger partial charge in [-0.3, -0.25) is 4.72 Å². The van der Waals surface area contributed by atoms with Crippen molar-refractivity contribution in [3.63, 3.8) is 0 Å². The molecule has 0 saturated heterocycles. The zero-order valence-electron chi connectivity index (χ0n) is 13.9. The average molecular weight is 340 g/mol. The number of hydrogen-bond donors (Lipinski definition) is 1. The highest BCUT2D eigenvalue weighted by molar-refractivity contribution is 7.92. The average Bonchev–Trinajstić information content (AvgIpc) is 2.88. The third-order valence-corrected chi connectivity index (χ3v) is 5.45. The summed E-state index contributed by atoms with van der Waals surface area (Å²) < 4.78 is 29.9. The normalized spacial score (nSPS) is 11.5. The van der Waals surface area contributed by atoms with Gasteiger partial charge in [-0.15, -0.1) is 0 Å². The predicted octanol–water partition coefficient (Wildman–Crippen LogP) is 4.20. The van der Waals surface area contributed by atoms with Crippen molar-refractivity contribution in [2.24, 2.45) is 0 Å². The van der Waals surface area contributed by atoms with Crippen LogP contribution in [-0.2, 0) is 10.0 Å². The Morgan fingerprint density at radius 3 is 1.96 bits per heavy atom. The van der Waals surface area contributed by atoms with Gasteiger partial charge in [0.15, 0.2) is 0 Å². The van der Waals surface area contributed by atoms with Crippen LogP contribution < -0.4 is 4.72 Å². The monoisotopic (exact) mass is 340 g/mol. The first-order valence-electron chi connectivity index (χ1n) is 7.72. The molecule has 0 radical (unpaired) electrons. The number of hydrogen-bond acceptors (Lipinski definition) is 2. The Hall–Kier alpha value is -2.53. The van der Waals surface area contributed by atoms with Gasteiger partial charge in [-0.05, 0) is 68.8 Å². The van der Waals surface area contributed by atoms with Gasteiger partial charge in [-0.25, -0.2) is 8.42 Å². The van der Waals surface area contributed by atoms with Crippen LogP contribution in [-0.4, -0.2) is 13.0 Å². The molecule has 0 saturated carbocycles. The maximum Gasteiger partial charge on any atom is 0.261 e. The van der Waals surface area contributed by atoms with Gasteiger partial charge < -0.3 is 4.57 Å². The summed E-state index contributed by atoms with van der Waals surface area (Å²) in [6.07, 6.45) is 0. The summed E-state index contributed by atoms with van der Waals surface area (Å²) in [6.45, 7) is 5.92. The fourth-order valence-electron chi connectivity index (χ4n) is 2.74. The Morgan fingerprint density at radius 1 is 0.792 bits per heavy atom. The second kappa shape index (κ2) is 6.17. The van der Waals surface area contributed by atoms with Crippen molar-refractivity contribution in [3.05, 3.63) is 77.6 Å². The van der Waals surface area contributed by atoms with Crippen molar-refractivity contribution in [1.29, 1.82) is 0 Å². The molecule has 2 aromatic carbocycles. The molecule has 124 valence electrons. The third kappa shape index (κ3) is 3.08. The van der Waals surface area contributed by atoms with Gasteiger partial charge in [0.05, 0.1) is 10.6 Å². The number of para-hydroxylation sites is 1. The minimum Gasteiger partial charge on any atom is -0.319 e. The van der Waals surface area contributed by atoms with Gasteiger partial charge in [-0.2, -0.15) is 0 Å². The van der Waals surface area contributed by atoms with E-state index in [4.69, 9.17) is 0 Å². The fraction of sp³-hybridized carbons (Fsp3) is 0.158. The lowest BCUT2D eigenvalue weighted by Gasteiger charge is -2.12. The van der Waals surface area contributed by atoms with Crippen LogP contribution in [0.25, 0.3) is 5.69 Å². The first-order valence-corrected chi connectivity index (χ1v) is 9.20. The van der Waals surface area contributed by atoms with Crippen molar-refractivity contribution < 1.29 is 8.42 Å². The second-order valence-corrected chi connectivity index (χ2v) is 7.55. The van der Waals surface area contributed by atoms with Crippen LogP contribution in [0.3, 0.4) is 0 Å². The zero-order chi connectivity index (χ0) is 17.3. The molecule has 1 N–H and O–H groups in total. The van der Waals surface area contributed by atoms with Crippen LogP contribution in [0.4, 0.5) is 5.69 Å². The van der Waals surface area contributed by atoms with E-state index < -0.39 is 10.0 Å². The van der Waals surface area contributed by atoms with Crippen LogP contribution in [0.1, 0.15) is 17.0 Å². The molecule has 5 heteroatoms. The maximum atomic E-state index is 12.6. The Kier molecular flexibility index (Phi) is 4.20. The lowest BCUT2D eigenvalue weighted by Crippen LogP contribution is -2.13. The van der Waals surface area contributed by atoms with Crippen LogP contribution in [0.15, 0.2) is 65.6 Å². The molecule has 0 aliphatic carbocycles. The Balaban J connectivity index is 1.91. The van der Waals surface area contributed by atoms with Crippen LogP contribution in [0.5, 0.6) is 0 Å². The number of anilines is 1. The van der Waals surface area contributed by atoms with Crippen molar-refractivity contribution in [2.75, 3.05) is 4.72 Å². The fourth-order valence-corrected chi connectivity index (χ4v) is 3.87. The molecule has 3 aromatic rings. The number of aryl methyl sites for hydroxylation is 3. The van der Waals surface area contributed by atoms with Gasteiger partial charge in [0, 0.05) is 17.1 Å². The van der Waals surface area contributed by atoms with Crippen molar-refractivity contribution in [2.45, 2.75) is 25.7 Å². The molecular weight excluding hydrogens is 320 g/mol. The Bertz CT molecular complexity index is 951. The number of nitrogens with one attached hydrogen (secondary N) is 1. The highest BCUT2D eigenvalue weighted by atomic mass is 32.2. The highest BCUT2D eigenvalue weighted by Gasteiger charge is 2.15. The smallest absolute Gasteiger partial charge is 0.261 e. The molecule has 0 bridgehead atoms. The van der Waals surface area contributed by atoms with E-state index in [0.717, 1.165) is 22.6 Å². The van der Waals surface area contributed by atoms with Gasteiger partial charge in [0.2, 0.25) is 0 Å². The second-order valence-electron chi connectivity index (χ2n) is 5.87. The van der Waals surface area contributed by atoms with Gasteiger partial charge in [-0.1, -0.05) is 18.2 Å². The van der Waals surface area contributed by atoms with E-state index in [9.17, 15) is 8.42 Å². The molecule has 0 fully saturated rings. The number of rotatable bonds is 4. The largest absolute Gasteiger partial charge is 0.319 e.